The van der Waals surface area contributed by atoms with Gasteiger partial charge in [-0.25, -0.2) is 0 Å². The minimum absolute atomic E-state index is 0.304. The van der Waals surface area contributed by atoms with Crippen molar-refractivity contribution in [2.45, 2.75) is 57.5 Å². The molecule has 202 valence electrons. The van der Waals surface area contributed by atoms with Gasteiger partial charge in [0.2, 0.25) is 0 Å². The number of unbranched alkanes of at least 4 members (excludes halogenated alkanes) is 7. The van der Waals surface area contributed by atoms with E-state index in [1.54, 1.807) is 24.3 Å². The molecule has 3 rings (SSSR count). The van der Waals surface area contributed by atoms with Crippen LogP contribution in [0, 0.1) is 0 Å². The van der Waals surface area contributed by atoms with Crippen LogP contribution < -0.4 is 5.32 Å². The highest BCUT2D eigenvalue weighted by Gasteiger charge is 2.29. The van der Waals surface area contributed by atoms with Crippen molar-refractivity contribution < 1.29 is 18.3 Å². The van der Waals surface area contributed by atoms with Crippen molar-refractivity contribution in [2.75, 3.05) is 18.5 Å². The first-order valence-electron chi connectivity index (χ1n) is 13.0. The number of azo groups is 2. The maximum atomic E-state index is 12.6. The summed E-state index contributed by atoms with van der Waals surface area (Å²) < 4.78 is 37.9. The summed E-state index contributed by atoms with van der Waals surface area (Å²) in [5.74, 6) is 0. The van der Waals surface area contributed by atoms with Gasteiger partial charge in [0, 0.05) is 18.8 Å². The molecular weight excluding hydrogens is 491 g/mol. The molecule has 0 amide bonds. The molecule has 0 fully saturated rings. The Labute approximate surface area is 221 Å². The second-order valence-corrected chi connectivity index (χ2v) is 8.99. The quantitative estimate of drug-likeness (QED) is 0.153. The fourth-order valence-electron chi connectivity index (χ4n) is 3.71. The number of benzene rings is 3. The van der Waals surface area contributed by atoms with Crippen molar-refractivity contribution in [2.24, 2.45) is 20.5 Å². The number of halogens is 3. The average molecular weight is 526 g/mol. The number of hydrogen-bond acceptors (Lipinski definition) is 6. The first-order chi connectivity index (χ1) is 18.4. The molecule has 6 nitrogen and oxygen atoms in total. The highest BCUT2D eigenvalue weighted by molar-refractivity contribution is 5.52. The third-order valence-electron chi connectivity index (χ3n) is 5.89. The Kier molecular flexibility index (Phi) is 11.9. The summed E-state index contributed by atoms with van der Waals surface area (Å²) in [7, 11) is 0. The molecule has 0 bridgehead atoms. The van der Waals surface area contributed by atoms with E-state index in [-0.39, 0.29) is 0 Å². The molecule has 0 aliphatic carbocycles. The van der Waals surface area contributed by atoms with Crippen LogP contribution in [0.5, 0.6) is 0 Å². The lowest BCUT2D eigenvalue weighted by atomic mass is 10.1. The second kappa shape index (κ2) is 15.6. The summed E-state index contributed by atoms with van der Waals surface area (Å²) in [6.45, 7) is 1.24. The average Bonchev–Trinajstić information content (AvgIpc) is 2.93. The lowest BCUT2D eigenvalue weighted by Gasteiger charge is -2.06. The lowest BCUT2D eigenvalue weighted by molar-refractivity contribution is -0.137. The van der Waals surface area contributed by atoms with E-state index in [1.165, 1.54) is 44.2 Å². The van der Waals surface area contributed by atoms with Crippen LogP contribution in [0.3, 0.4) is 0 Å². The molecule has 38 heavy (non-hydrogen) atoms. The Morgan fingerprint density at radius 1 is 0.526 bits per heavy atom. The summed E-state index contributed by atoms with van der Waals surface area (Å²) in [4.78, 5) is 0. The molecule has 0 radical (unpaired) electrons. The zero-order valence-electron chi connectivity index (χ0n) is 21.4. The lowest BCUT2D eigenvalue weighted by Crippen LogP contribution is -2.03. The molecule has 0 heterocycles. The monoisotopic (exact) mass is 525 g/mol. The fourth-order valence-corrected chi connectivity index (χ4v) is 3.71. The number of aliphatic hydroxyl groups excluding tert-OH is 1. The summed E-state index contributed by atoms with van der Waals surface area (Å²) in [5, 5.41) is 28.7. The van der Waals surface area contributed by atoms with E-state index in [0.29, 0.717) is 23.7 Å². The van der Waals surface area contributed by atoms with Gasteiger partial charge in [-0.3, -0.25) is 0 Å². The van der Waals surface area contributed by atoms with Crippen molar-refractivity contribution in [1.29, 1.82) is 0 Å². The molecule has 0 saturated carbocycles. The predicted octanol–water partition coefficient (Wildman–Crippen LogP) is 10.1. The summed E-state index contributed by atoms with van der Waals surface area (Å²) in [5.41, 5.74) is 2.60. The number of anilines is 1. The van der Waals surface area contributed by atoms with E-state index in [0.717, 1.165) is 49.3 Å². The molecule has 0 aliphatic heterocycles. The number of aliphatic hydroxyl groups is 1. The van der Waals surface area contributed by atoms with Crippen molar-refractivity contribution in [1.82, 2.24) is 0 Å². The third-order valence-corrected chi connectivity index (χ3v) is 5.89. The minimum atomic E-state index is -4.37. The summed E-state index contributed by atoms with van der Waals surface area (Å²) in [6.07, 6.45) is 5.02. The van der Waals surface area contributed by atoms with Crippen LogP contribution in [0.1, 0.15) is 56.9 Å². The van der Waals surface area contributed by atoms with Gasteiger partial charge in [-0.2, -0.15) is 33.6 Å². The Bertz CT molecular complexity index is 1130. The van der Waals surface area contributed by atoms with E-state index in [9.17, 15) is 13.2 Å². The molecule has 0 aliphatic rings. The van der Waals surface area contributed by atoms with Crippen LogP contribution in [-0.2, 0) is 6.18 Å². The highest BCUT2D eigenvalue weighted by atomic mass is 19.4. The van der Waals surface area contributed by atoms with Crippen LogP contribution in [-0.4, -0.2) is 18.3 Å². The Hall–Kier alpha value is -3.59. The molecule has 0 saturated heterocycles. The summed E-state index contributed by atoms with van der Waals surface area (Å²) >= 11 is 0. The van der Waals surface area contributed by atoms with Gasteiger partial charge in [-0.15, -0.1) is 0 Å². The molecule has 0 aromatic heterocycles. The van der Waals surface area contributed by atoms with Crippen molar-refractivity contribution in [3.63, 3.8) is 0 Å². The first kappa shape index (κ1) is 29.0. The Morgan fingerprint density at radius 3 is 1.32 bits per heavy atom. The van der Waals surface area contributed by atoms with Crippen LogP contribution in [0.15, 0.2) is 93.3 Å². The zero-order valence-corrected chi connectivity index (χ0v) is 21.4. The van der Waals surface area contributed by atoms with E-state index in [4.69, 9.17) is 5.11 Å². The molecule has 0 spiro atoms. The number of hydrogen-bond donors (Lipinski definition) is 2. The van der Waals surface area contributed by atoms with Gasteiger partial charge in [0.25, 0.3) is 0 Å². The maximum Gasteiger partial charge on any atom is 0.416 e. The van der Waals surface area contributed by atoms with Crippen molar-refractivity contribution in [3.8, 4) is 0 Å². The van der Waals surface area contributed by atoms with Gasteiger partial charge in [0.1, 0.15) is 0 Å². The number of nitrogens with one attached hydrogen (secondary N) is 1. The highest BCUT2D eigenvalue weighted by Crippen LogP contribution is 2.31. The van der Waals surface area contributed by atoms with Gasteiger partial charge in [0.15, 0.2) is 0 Å². The van der Waals surface area contributed by atoms with Crippen LogP contribution in [0.2, 0.25) is 0 Å². The van der Waals surface area contributed by atoms with Crippen LogP contribution in [0.4, 0.5) is 41.6 Å². The normalized spacial score (nSPS) is 12.0. The Morgan fingerprint density at radius 2 is 0.895 bits per heavy atom. The fraction of sp³-hybridized carbons (Fsp3) is 0.379. The summed E-state index contributed by atoms with van der Waals surface area (Å²) in [6, 6.07) is 19.2. The zero-order chi connectivity index (χ0) is 27.1. The van der Waals surface area contributed by atoms with Gasteiger partial charge >= 0.3 is 6.18 Å². The second-order valence-electron chi connectivity index (χ2n) is 8.99. The van der Waals surface area contributed by atoms with Crippen molar-refractivity contribution in [3.05, 3.63) is 78.4 Å². The van der Waals surface area contributed by atoms with Gasteiger partial charge in [-0.1, -0.05) is 38.5 Å². The predicted molar refractivity (Wildman–Crippen MR) is 145 cm³/mol. The minimum Gasteiger partial charge on any atom is -0.396 e. The van der Waals surface area contributed by atoms with Gasteiger partial charge in [0.05, 0.1) is 28.3 Å². The number of rotatable bonds is 15. The van der Waals surface area contributed by atoms with E-state index in [2.05, 4.69) is 25.8 Å². The molecule has 0 atom stereocenters. The topological polar surface area (TPSA) is 81.7 Å². The number of nitrogens with zero attached hydrogens (tertiary/aromatic N) is 4. The molecule has 9 heteroatoms. The SMILES string of the molecule is OCCCCCCCCCCNc1ccc(N=Nc2ccc(N=Nc3ccc(C(F)(F)F)cc3)cc2)cc1. The molecular formula is C29H34F3N5O. The maximum absolute atomic E-state index is 12.6. The first-order valence-corrected chi connectivity index (χ1v) is 13.0. The van der Waals surface area contributed by atoms with E-state index >= 15 is 0 Å². The van der Waals surface area contributed by atoms with Crippen LogP contribution in [0.25, 0.3) is 0 Å². The van der Waals surface area contributed by atoms with Gasteiger partial charge in [-0.05, 0) is 85.6 Å². The third kappa shape index (κ3) is 10.8. The molecule has 2 N–H and O–H groups in total. The van der Waals surface area contributed by atoms with E-state index in [1.807, 2.05) is 24.3 Å². The Balaban J connectivity index is 1.37. The van der Waals surface area contributed by atoms with Crippen molar-refractivity contribution >= 4 is 28.4 Å². The molecule has 0 unspecified atom stereocenters. The molecule has 3 aromatic rings. The largest absolute Gasteiger partial charge is 0.416 e. The smallest absolute Gasteiger partial charge is 0.396 e. The standard InChI is InChI=1S/C29H34F3N5O/c30-29(31,32)23-9-11-25(12-10-23)34-36-27-17-19-28(20-18-27)37-35-26-15-13-24(14-16-26)33-21-7-5-3-1-2-4-6-8-22-38/h9-20,33,38H,1-8,21-22H2. The molecule has 3 aromatic carbocycles. The van der Waals surface area contributed by atoms with Gasteiger partial charge < -0.3 is 10.4 Å². The van der Waals surface area contributed by atoms with Crippen LogP contribution >= 0.6 is 0 Å². The van der Waals surface area contributed by atoms with E-state index < -0.39 is 11.7 Å². The number of alkyl halides is 3.